The van der Waals surface area contributed by atoms with Gasteiger partial charge >= 0.3 is 11.6 Å². The topological polar surface area (TPSA) is 91.8 Å². The summed E-state index contributed by atoms with van der Waals surface area (Å²) in [5, 5.41) is 1.45. The minimum atomic E-state index is -0.766. The molecule has 0 saturated carbocycles. The Bertz CT molecular complexity index is 1160. The molecule has 1 unspecified atom stereocenters. The molecule has 0 spiro atoms. The molecule has 0 aliphatic carbocycles. The van der Waals surface area contributed by atoms with E-state index in [0.717, 1.165) is 0 Å². The molecule has 1 atom stereocenters. The Hall–Kier alpha value is -3.25. The second-order valence-electron chi connectivity index (χ2n) is 6.21. The van der Waals surface area contributed by atoms with Crippen LogP contribution in [0.25, 0.3) is 10.8 Å². The van der Waals surface area contributed by atoms with Gasteiger partial charge in [-0.05, 0) is 30.7 Å². The predicted octanol–water partition coefficient (Wildman–Crippen LogP) is 3.70. The molecule has 1 aliphatic heterocycles. The first-order valence-electron chi connectivity index (χ1n) is 8.67. The number of nitrogens with two attached hydrogens (primary N) is 1. The standard InChI is InChI=1S/C21H16ClNO5/c1-2-26-21(25)16-15(11-7-9-12(22)10-8-11)18-17(27-19(16)23)13-5-3-4-6-14(13)20(24)28-18/h3-10,15H,2,23H2,1H3. The smallest absolute Gasteiger partial charge is 0.344 e. The fraction of sp³-hybridized carbons (Fsp3) is 0.143. The van der Waals surface area contributed by atoms with Gasteiger partial charge in [-0.25, -0.2) is 9.59 Å². The summed E-state index contributed by atoms with van der Waals surface area (Å²) in [7, 11) is 0. The van der Waals surface area contributed by atoms with Gasteiger partial charge in [0.2, 0.25) is 5.88 Å². The van der Waals surface area contributed by atoms with Crippen LogP contribution in [0.1, 0.15) is 24.2 Å². The van der Waals surface area contributed by atoms with Crippen molar-refractivity contribution in [3.63, 3.8) is 0 Å². The Labute approximate surface area is 165 Å². The van der Waals surface area contributed by atoms with Crippen LogP contribution in [0.2, 0.25) is 5.02 Å². The van der Waals surface area contributed by atoms with Gasteiger partial charge in [0.25, 0.3) is 0 Å². The lowest BCUT2D eigenvalue weighted by Gasteiger charge is -2.27. The third kappa shape index (κ3) is 2.92. The first-order chi connectivity index (χ1) is 13.5. The summed E-state index contributed by atoms with van der Waals surface area (Å²) >= 11 is 6.01. The number of hydrogen-bond donors (Lipinski definition) is 1. The van der Waals surface area contributed by atoms with E-state index in [1.54, 1.807) is 55.5 Å². The third-order valence-corrected chi connectivity index (χ3v) is 4.80. The maximum atomic E-state index is 12.6. The number of carbonyl (C=O) groups excluding carboxylic acids is 1. The fourth-order valence-corrected chi connectivity index (χ4v) is 3.45. The summed E-state index contributed by atoms with van der Waals surface area (Å²) in [6, 6.07) is 13.7. The van der Waals surface area contributed by atoms with E-state index in [4.69, 9.17) is 31.2 Å². The second kappa shape index (κ2) is 7.05. The van der Waals surface area contributed by atoms with Crippen LogP contribution in [0, 0.1) is 0 Å². The van der Waals surface area contributed by atoms with E-state index >= 15 is 0 Å². The zero-order chi connectivity index (χ0) is 19.8. The molecule has 0 amide bonds. The normalized spacial score (nSPS) is 15.9. The lowest BCUT2D eigenvalue weighted by Crippen LogP contribution is -2.28. The van der Waals surface area contributed by atoms with Gasteiger partial charge in [0.05, 0.1) is 17.9 Å². The van der Waals surface area contributed by atoms with Crippen LogP contribution >= 0.6 is 11.6 Å². The van der Waals surface area contributed by atoms with E-state index in [1.807, 2.05) is 0 Å². The number of ether oxygens (including phenoxy) is 2. The first-order valence-corrected chi connectivity index (χ1v) is 9.05. The molecule has 2 aromatic carbocycles. The summed E-state index contributed by atoms with van der Waals surface area (Å²) in [4.78, 5) is 25.2. The van der Waals surface area contributed by atoms with Gasteiger partial charge in [0, 0.05) is 10.4 Å². The Kier molecular flexibility index (Phi) is 4.57. The summed E-state index contributed by atoms with van der Waals surface area (Å²) in [5.74, 6) is -0.993. The van der Waals surface area contributed by atoms with E-state index in [2.05, 4.69) is 0 Å². The SMILES string of the molecule is CCOC(=O)C1=C(N)Oc2c(oc(=O)c3ccccc23)C1c1ccc(Cl)cc1. The molecular formula is C21H16ClNO5. The minimum absolute atomic E-state index is 0.0788. The number of hydrogen-bond acceptors (Lipinski definition) is 6. The quantitative estimate of drug-likeness (QED) is 0.677. The number of fused-ring (bicyclic) bond motifs is 3. The predicted molar refractivity (Wildman–Crippen MR) is 104 cm³/mol. The zero-order valence-corrected chi connectivity index (χ0v) is 15.7. The number of benzene rings is 2. The third-order valence-electron chi connectivity index (χ3n) is 4.55. The second-order valence-corrected chi connectivity index (χ2v) is 6.65. The Morgan fingerprint density at radius 3 is 2.50 bits per heavy atom. The number of rotatable bonds is 3. The maximum Gasteiger partial charge on any atom is 0.344 e. The van der Waals surface area contributed by atoms with Crippen LogP contribution in [0.3, 0.4) is 0 Å². The van der Waals surface area contributed by atoms with Crippen molar-refractivity contribution >= 4 is 28.3 Å². The summed E-state index contributed by atoms with van der Waals surface area (Å²) < 4.78 is 16.5. The number of esters is 1. The first kappa shape index (κ1) is 18.1. The van der Waals surface area contributed by atoms with E-state index in [-0.39, 0.29) is 23.8 Å². The number of carbonyl (C=O) groups is 1. The molecule has 0 bridgehead atoms. The van der Waals surface area contributed by atoms with Crippen LogP contribution in [0.4, 0.5) is 0 Å². The lowest BCUT2D eigenvalue weighted by atomic mass is 9.86. The molecule has 6 nitrogen and oxygen atoms in total. The van der Waals surface area contributed by atoms with Gasteiger partial charge in [0.1, 0.15) is 5.57 Å². The van der Waals surface area contributed by atoms with Gasteiger partial charge in [-0.1, -0.05) is 41.9 Å². The van der Waals surface area contributed by atoms with Gasteiger partial charge < -0.3 is 19.6 Å². The van der Waals surface area contributed by atoms with E-state index in [1.165, 1.54) is 0 Å². The summed E-state index contributed by atoms with van der Waals surface area (Å²) in [6.07, 6.45) is 0. The van der Waals surface area contributed by atoms with Crippen molar-refractivity contribution in [3.05, 3.63) is 86.8 Å². The highest BCUT2D eigenvalue weighted by Crippen LogP contribution is 2.45. The van der Waals surface area contributed by atoms with Crippen molar-refractivity contribution in [1.29, 1.82) is 0 Å². The van der Waals surface area contributed by atoms with Gasteiger partial charge in [-0.15, -0.1) is 0 Å². The van der Waals surface area contributed by atoms with Gasteiger partial charge in [-0.2, -0.15) is 0 Å². The molecule has 4 rings (SSSR count). The molecule has 1 aromatic heterocycles. The monoisotopic (exact) mass is 397 g/mol. The summed E-state index contributed by atoms with van der Waals surface area (Å²) in [6.45, 7) is 1.86. The van der Waals surface area contributed by atoms with Crippen LogP contribution in [0.5, 0.6) is 5.75 Å². The highest BCUT2D eigenvalue weighted by molar-refractivity contribution is 6.30. The van der Waals surface area contributed by atoms with Crippen molar-refractivity contribution in [2.45, 2.75) is 12.8 Å². The van der Waals surface area contributed by atoms with Crippen LogP contribution in [-0.4, -0.2) is 12.6 Å². The molecule has 2 heterocycles. The van der Waals surface area contributed by atoms with Crippen molar-refractivity contribution < 1.29 is 18.7 Å². The van der Waals surface area contributed by atoms with Crippen LogP contribution in [-0.2, 0) is 9.53 Å². The largest absolute Gasteiger partial charge is 0.462 e. The highest BCUT2D eigenvalue weighted by Gasteiger charge is 2.39. The van der Waals surface area contributed by atoms with E-state index in [0.29, 0.717) is 27.1 Å². The lowest BCUT2D eigenvalue weighted by molar-refractivity contribution is -0.139. The molecule has 7 heteroatoms. The van der Waals surface area contributed by atoms with Gasteiger partial charge in [-0.3, -0.25) is 0 Å². The molecule has 3 aromatic rings. The van der Waals surface area contributed by atoms with Crippen molar-refractivity contribution in [2.24, 2.45) is 5.73 Å². The summed E-state index contributed by atoms with van der Waals surface area (Å²) in [5.41, 5.74) is 6.34. The Morgan fingerprint density at radius 1 is 1.14 bits per heavy atom. The Balaban J connectivity index is 2.02. The molecule has 28 heavy (non-hydrogen) atoms. The van der Waals surface area contributed by atoms with Crippen molar-refractivity contribution in [1.82, 2.24) is 0 Å². The average Bonchev–Trinajstić information content (AvgIpc) is 2.69. The molecule has 0 fully saturated rings. The fourth-order valence-electron chi connectivity index (χ4n) is 3.33. The molecule has 2 N–H and O–H groups in total. The molecule has 0 radical (unpaired) electrons. The van der Waals surface area contributed by atoms with Crippen molar-refractivity contribution in [3.8, 4) is 5.75 Å². The van der Waals surface area contributed by atoms with Gasteiger partial charge in [0.15, 0.2) is 11.5 Å². The van der Waals surface area contributed by atoms with Crippen LogP contribution < -0.4 is 16.1 Å². The average molecular weight is 398 g/mol. The molecular weight excluding hydrogens is 382 g/mol. The highest BCUT2D eigenvalue weighted by atomic mass is 35.5. The van der Waals surface area contributed by atoms with Crippen LogP contribution in [0.15, 0.2) is 69.2 Å². The molecule has 0 saturated heterocycles. The maximum absolute atomic E-state index is 12.6. The molecule has 1 aliphatic rings. The Morgan fingerprint density at radius 2 is 1.82 bits per heavy atom. The minimum Gasteiger partial charge on any atom is -0.462 e. The number of halogens is 1. The van der Waals surface area contributed by atoms with E-state index < -0.39 is 17.5 Å². The van der Waals surface area contributed by atoms with E-state index in [9.17, 15) is 9.59 Å². The van der Waals surface area contributed by atoms with Crippen molar-refractivity contribution in [2.75, 3.05) is 6.61 Å². The zero-order valence-electron chi connectivity index (χ0n) is 14.9. The molecule has 142 valence electrons.